The van der Waals surface area contributed by atoms with Gasteiger partial charge in [-0.15, -0.1) is 11.3 Å². The van der Waals surface area contributed by atoms with E-state index in [9.17, 15) is 4.79 Å². The number of benzene rings is 1. The van der Waals surface area contributed by atoms with Crippen molar-refractivity contribution in [3.05, 3.63) is 57.3 Å². The first kappa shape index (κ1) is 22.4. The minimum absolute atomic E-state index is 0.0738. The predicted molar refractivity (Wildman–Crippen MR) is 138 cm³/mol. The first-order chi connectivity index (χ1) is 16.4. The summed E-state index contributed by atoms with van der Waals surface area (Å²) in [6.45, 7) is 4.22. The smallest absolute Gasteiger partial charge is 0.253 e. The van der Waals surface area contributed by atoms with Crippen molar-refractivity contribution in [1.29, 1.82) is 0 Å². The molecule has 2 bridgehead atoms. The molecule has 6 rings (SSSR count). The minimum Gasteiger partial charge on any atom is -0.339 e. The van der Waals surface area contributed by atoms with Crippen molar-refractivity contribution in [2.75, 3.05) is 7.05 Å². The van der Waals surface area contributed by atoms with Crippen molar-refractivity contribution in [2.24, 2.45) is 0 Å². The van der Waals surface area contributed by atoms with Crippen LogP contribution in [0, 0.1) is 6.92 Å². The Bertz CT molecular complexity index is 1270. The van der Waals surface area contributed by atoms with Gasteiger partial charge in [0.25, 0.3) is 5.91 Å². The van der Waals surface area contributed by atoms with E-state index in [4.69, 9.17) is 16.6 Å². The number of amides is 1. The summed E-state index contributed by atoms with van der Waals surface area (Å²) in [6, 6.07) is 8.84. The maximum Gasteiger partial charge on any atom is 0.253 e. The highest BCUT2D eigenvalue weighted by molar-refractivity contribution is 7.16. The summed E-state index contributed by atoms with van der Waals surface area (Å²) in [6.07, 6.45) is 6.67. The maximum atomic E-state index is 13.4. The van der Waals surface area contributed by atoms with Crippen LogP contribution in [0.25, 0.3) is 10.2 Å². The van der Waals surface area contributed by atoms with Crippen LogP contribution < -0.4 is 5.32 Å². The standard InChI is InChI=1S/C27H31ClN4OS/c1-4-27-9-7-17(31-27)12-18(14-27)32(3)26(33)16-5-6-19(23(28)11-16)21-13-22(21)24-20-8-10-34-25(20)30-15(2)29-24/h5-6,8,10-11,17-18,21-22,31H,4,7,9,12-14H2,1-3H3/t17-,18-,21-,22+,27+/m0/s1. The molecule has 0 radical (unpaired) electrons. The van der Waals surface area contributed by atoms with Crippen LogP contribution in [0.4, 0.5) is 0 Å². The second-order valence-corrected chi connectivity index (χ2v) is 11.8. The van der Waals surface area contributed by atoms with E-state index >= 15 is 0 Å². The van der Waals surface area contributed by atoms with Crippen molar-refractivity contribution in [2.45, 2.75) is 81.8 Å². The summed E-state index contributed by atoms with van der Waals surface area (Å²) < 4.78 is 0. The second kappa shape index (κ2) is 8.28. The highest BCUT2D eigenvalue weighted by Crippen LogP contribution is 2.57. The van der Waals surface area contributed by atoms with Gasteiger partial charge >= 0.3 is 0 Å². The van der Waals surface area contributed by atoms with E-state index < -0.39 is 0 Å². The first-order valence-corrected chi connectivity index (χ1v) is 13.7. The number of hydrogen-bond acceptors (Lipinski definition) is 5. The number of hydrogen-bond donors (Lipinski definition) is 1. The van der Waals surface area contributed by atoms with Gasteiger partial charge in [0.15, 0.2) is 0 Å². The molecular formula is C27H31ClN4OS. The molecule has 5 nitrogen and oxygen atoms in total. The molecule has 1 N–H and O–H groups in total. The molecule has 178 valence electrons. The molecule has 7 heteroatoms. The second-order valence-electron chi connectivity index (χ2n) is 10.5. The molecule has 3 fully saturated rings. The maximum absolute atomic E-state index is 13.4. The van der Waals surface area contributed by atoms with Gasteiger partial charge in [-0.1, -0.05) is 24.6 Å². The largest absolute Gasteiger partial charge is 0.339 e. The minimum atomic E-state index is 0.0738. The van der Waals surface area contributed by atoms with Gasteiger partial charge in [0.1, 0.15) is 10.7 Å². The average Bonchev–Trinajstić information content (AvgIpc) is 3.37. The number of aryl methyl sites for hydroxylation is 1. The molecule has 0 spiro atoms. The Hall–Kier alpha value is -2.02. The Labute approximate surface area is 209 Å². The van der Waals surface area contributed by atoms with E-state index in [1.54, 1.807) is 11.3 Å². The number of fused-ring (bicyclic) bond motifs is 3. The molecule has 2 saturated heterocycles. The lowest BCUT2D eigenvalue weighted by Gasteiger charge is -2.42. The first-order valence-electron chi connectivity index (χ1n) is 12.4. The van der Waals surface area contributed by atoms with E-state index in [0.717, 1.165) is 53.0 Å². The number of thiophene rings is 1. The number of halogens is 1. The zero-order valence-corrected chi connectivity index (χ0v) is 21.5. The van der Waals surface area contributed by atoms with Crippen molar-refractivity contribution in [1.82, 2.24) is 20.2 Å². The fourth-order valence-electron chi connectivity index (χ4n) is 6.39. The topological polar surface area (TPSA) is 58.1 Å². The molecule has 1 amide bonds. The van der Waals surface area contributed by atoms with E-state index in [1.165, 1.54) is 12.8 Å². The van der Waals surface area contributed by atoms with E-state index in [-0.39, 0.29) is 17.5 Å². The van der Waals surface area contributed by atoms with Crippen molar-refractivity contribution in [3.8, 4) is 0 Å². The molecule has 5 atom stereocenters. The zero-order valence-electron chi connectivity index (χ0n) is 20.0. The zero-order chi connectivity index (χ0) is 23.6. The fourth-order valence-corrected chi connectivity index (χ4v) is 7.53. The molecule has 3 aromatic rings. The molecule has 1 saturated carbocycles. The predicted octanol–water partition coefficient (Wildman–Crippen LogP) is 6.06. The van der Waals surface area contributed by atoms with Gasteiger partial charge in [0, 0.05) is 46.6 Å². The Balaban J connectivity index is 1.20. The molecule has 3 aliphatic rings. The van der Waals surface area contributed by atoms with Crippen LogP contribution in [0.5, 0.6) is 0 Å². The molecule has 2 aliphatic heterocycles. The van der Waals surface area contributed by atoms with Crippen LogP contribution in [0.1, 0.15) is 84.7 Å². The molecule has 4 heterocycles. The lowest BCUT2D eigenvalue weighted by atomic mass is 9.84. The van der Waals surface area contributed by atoms with E-state index in [0.29, 0.717) is 28.5 Å². The number of carbonyl (C=O) groups is 1. The summed E-state index contributed by atoms with van der Waals surface area (Å²) in [7, 11) is 1.96. The lowest BCUT2D eigenvalue weighted by molar-refractivity contribution is 0.0635. The average molecular weight is 495 g/mol. The van der Waals surface area contributed by atoms with Crippen LogP contribution in [0.3, 0.4) is 0 Å². The summed E-state index contributed by atoms with van der Waals surface area (Å²) >= 11 is 8.43. The lowest BCUT2D eigenvalue weighted by Crippen LogP contribution is -2.55. The number of rotatable bonds is 5. The molecule has 2 aromatic heterocycles. The third kappa shape index (κ3) is 3.75. The number of carbonyl (C=O) groups excluding carboxylic acids is 1. The summed E-state index contributed by atoms with van der Waals surface area (Å²) in [5, 5.41) is 7.75. The van der Waals surface area contributed by atoms with Gasteiger partial charge in [-0.25, -0.2) is 9.97 Å². The van der Waals surface area contributed by atoms with Crippen molar-refractivity contribution in [3.63, 3.8) is 0 Å². The van der Waals surface area contributed by atoms with Crippen molar-refractivity contribution >= 4 is 39.1 Å². The number of aromatic nitrogens is 2. The fraction of sp³-hybridized carbons (Fsp3) is 0.519. The quantitative estimate of drug-likeness (QED) is 0.468. The monoisotopic (exact) mass is 494 g/mol. The summed E-state index contributed by atoms with van der Waals surface area (Å²) in [5.41, 5.74) is 3.14. The number of piperidine rings is 1. The third-order valence-electron chi connectivity index (χ3n) is 8.46. The Morgan fingerprint density at radius 2 is 2.12 bits per heavy atom. The SMILES string of the molecule is CC[C@@]12CC[C@@H](C[C@H](N(C)C(=O)c3ccc([C@@H]4C[C@H]4c4nc(C)nc5sccc45)c(Cl)c3)C1)N2. The van der Waals surface area contributed by atoms with Gasteiger partial charge in [-0.3, -0.25) is 4.79 Å². The summed E-state index contributed by atoms with van der Waals surface area (Å²) in [5.74, 6) is 1.60. The van der Waals surface area contributed by atoms with Crippen LogP contribution in [0.15, 0.2) is 29.6 Å². The van der Waals surface area contributed by atoms with Gasteiger partial charge in [0.2, 0.25) is 0 Å². The van der Waals surface area contributed by atoms with Crippen LogP contribution in [0.2, 0.25) is 5.02 Å². The van der Waals surface area contributed by atoms with Gasteiger partial charge < -0.3 is 10.2 Å². The highest BCUT2D eigenvalue weighted by Gasteiger charge is 2.46. The van der Waals surface area contributed by atoms with Gasteiger partial charge in [-0.05, 0) is 80.5 Å². The number of nitrogens with one attached hydrogen (secondary N) is 1. The number of nitrogens with zero attached hydrogens (tertiary/aromatic N) is 3. The molecule has 0 unspecified atom stereocenters. The Kier molecular flexibility index (Phi) is 5.47. The third-order valence-corrected chi connectivity index (χ3v) is 9.60. The molecule has 1 aliphatic carbocycles. The molecule has 34 heavy (non-hydrogen) atoms. The molecule has 1 aromatic carbocycles. The van der Waals surface area contributed by atoms with Crippen LogP contribution in [-0.4, -0.2) is 45.4 Å². The van der Waals surface area contributed by atoms with Crippen molar-refractivity contribution < 1.29 is 4.79 Å². The Morgan fingerprint density at radius 3 is 2.91 bits per heavy atom. The summed E-state index contributed by atoms with van der Waals surface area (Å²) in [4.78, 5) is 25.8. The van der Waals surface area contributed by atoms with Crippen LogP contribution >= 0.6 is 22.9 Å². The van der Waals surface area contributed by atoms with Crippen LogP contribution in [-0.2, 0) is 0 Å². The highest BCUT2D eigenvalue weighted by atomic mass is 35.5. The molecular weight excluding hydrogens is 464 g/mol. The van der Waals surface area contributed by atoms with E-state index in [1.807, 2.05) is 31.0 Å². The van der Waals surface area contributed by atoms with Gasteiger partial charge in [0.05, 0.1) is 5.69 Å². The van der Waals surface area contributed by atoms with E-state index in [2.05, 4.69) is 34.7 Å². The normalized spacial score (nSPS) is 30.0. The Morgan fingerprint density at radius 1 is 1.26 bits per heavy atom. The van der Waals surface area contributed by atoms with Gasteiger partial charge in [-0.2, -0.15) is 0 Å².